The van der Waals surface area contributed by atoms with Crippen LogP contribution in [0.3, 0.4) is 0 Å². The van der Waals surface area contributed by atoms with Gasteiger partial charge in [-0.2, -0.15) is 13.2 Å². The SMILES string of the molecule is NC(=S)CCCOc1ccccc1C(F)(F)F. The van der Waals surface area contributed by atoms with Crippen LogP contribution in [0.5, 0.6) is 5.75 Å². The largest absolute Gasteiger partial charge is 0.493 e. The van der Waals surface area contributed by atoms with Crippen molar-refractivity contribution < 1.29 is 17.9 Å². The predicted octanol–water partition coefficient (Wildman–Crippen LogP) is 3.15. The Morgan fingerprint density at radius 3 is 2.53 bits per heavy atom. The van der Waals surface area contributed by atoms with Crippen LogP contribution in [-0.2, 0) is 6.18 Å². The third-order valence-electron chi connectivity index (χ3n) is 2.02. The van der Waals surface area contributed by atoms with Crippen molar-refractivity contribution in [1.82, 2.24) is 0 Å². The number of alkyl halides is 3. The van der Waals surface area contributed by atoms with Gasteiger partial charge in [0.2, 0.25) is 0 Å². The molecular formula is C11H12F3NOS. The van der Waals surface area contributed by atoms with E-state index in [1.165, 1.54) is 18.2 Å². The number of nitrogens with two attached hydrogens (primary N) is 1. The van der Waals surface area contributed by atoms with E-state index in [2.05, 4.69) is 12.2 Å². The Labute approximate surface area is 103 Å². The Balaban J connectivity index is 2.62. The first kappa shape index (κ1) is 13.8. The second kappa shape index (κ2) is 5.86. The fourth-order valence-electron chi connectivity index (χ4n) is 1.26. The van der Waals surface area contributed by atoms with Crippen molar-refractivity contribution >= 4 is 17.2 Å². The summed E-state index contributed by atoms with van der Waals surface area (Å²) in [5, 5.41) is 0. The minimum atomic E-state index is -4.40. The van der Waals surface area contributed by atoms with Gasteiger partial charge in [0.05, 0.1) is 17.2 Å². The summed E-state index contributed by atoms with van der Waals surface area (Å²) in [4.78, 5) is 0.331. The first-order chi connectivity index (χ1) is 7.91. The normalized spacial score (nSPS) is 11.2. The Hall–Kier alpha value is -1.30. The molecule has 0 saturated heterocycles. The van der Waals surface area contributed by atoms with E-state index in [9.17, 15) is 13.2 Å². The van der Waals surface area contributed by atoms with Gasteiger partial charge in [0.15, 0.2) is 0 Å². The molecule has 0 aromatic heterocycles. The van der Waals surface area contributed by atoms with Crippen LogP contribution in [0, 0.1) is 0 Å². The fourth-order valence-corrected chi connectivity index (χ4v) is 1.40. The molecule has 1 rings (SSSR count). The minimum absolute atomic E-state index is 0.157. The topological polar surface area (TPSA) is 35.2 Å². The molecule has 1 aromatic carbocycles. The molecule has 17 heavy (non-hydrogen) atoms. The summed E-state index contributed by atoms with van der Waals surface area (Å²) in [6.45, 7) is 0.157. The Morgan fingerprint density at radius 1 is 1.29 bits per heavy atom. The summed E-state index contributed by atoms with van der Waals surface area (Å²) >= 11 is 4.65. The van der Waals surface area contributed by atoms with Crippen LogP contribution >= 0.6 is 12.2 Å². The highest BCUT2D eigenvalue weighted by molar-refractivity contribution is 7.80. The molecule has 6 heteroatoms. The van der Waals surface area contributed by atoms with Gasteiger partial charge in [-0.15, -0.1) is 0 Å². The zero-order chi connectivity index (χ0) is 12.9. The van der Waals surface area contributed by atoms with Gasteiger partial charge in [-0.3, -0.25) is 0 Å². The van der Waals surface area contributed by atoms with Crippen molar-refractivity contribution in [3.05, 3.63) is 29.8 Å². The summed E-state index contributed by atoms with van der Waals surface area (Å²) in [5.74, 6) is -0.164. The van der Waals surface area contributed by atoms with Crippen LogP contribution in [0.4, 0.5) is 13.2 Å². The van der Waals surface area contributed by atoms with E-state index >= 15 is 0 Å². The summed E-state index contributed by atoms with van der Waals surface area (Å²) in [5.41, 5.74) is 4.50. The summed E-state index contributed by atoms with van der Waals surface area (Å²) < 4.78 is 42.8. The van der Waals surface area contributed by atoms with Gasteiger partial charge in [-0.25, -0.2) is 0 Å². The van der Waals surface area contributed by atoms with Crippen molar-refractivity contribution in [2.24, 2.45) is 5.73 Å². The molecule has 0 aliphatic rings. The number of hydrogen-bond donors (Lipinski definition) is 1. The van der Waals surface area contributed by atoms with E-state index in [0.29, 0.717) is 17.8 Å². The number of para-hydroxylation sites is 1. The molecule has 0 aliphatic carbocycles. The van der Waals surface area contributed by atoms with Gasteiger partial charge in [0, 0.05) is 6.42 Å². The van der Waals surface area contributed by atoms with E-state index in [0.717, 1.165) is 6.07 Å². The predicted molar refractivity (Wildman–Crippen MR) is 63.0 cm³/mol. The number of ether oxygens (including phenoxy) is 1. The van der Waals surface area contributed by atoms with Gasteiger partial charge < -0.3 is 10.5 Å². The number of hydrogen-bond acceptors (Lipinski definition) is 2. The Kier molecular flexibility index (Phi) is 4.74. The summed E-state index contributed by atoms with van der Waals surface area (Å²) in [7, 11) is 0. The zero-order valence-corrected chi connectivity index (χ0v) is 9.77. The second-order valence-electron chi connectivity index (χ2n) is 3.41. The molecule has 0 spiro atoms. The van der Waals surface area contributed by atoms with E-state index in [4.69, 9.17) is 10.5 Å². The maximum atomic E-state index is 12.6. The molecule has 0 aliphatic heterocycles. The molecule has 2 nitrogen and oxygen atoms in total. The average molecular weight is 263 g/mol. The zero-order valence-electron chi connectivity index (χ0n) is 8.96. The molecule has 94 valence electrons. The van der Waals surface area contributed by atoms with Crippen molar-refractivity contribution in [3.8, 4) is 5.75 Å². The second-order valence-corrected chi connectivity index (χ2v) is 3.94. The molecule has 2 N–H and O–H groups in total. The number of halogens is 3. The molecule has 0 heterocycles. The molecule has 0 saturated carbocycles. The molecular weight excluding hydrogens is 251 g/mol. The molecule has 0 fully saturated rings. The van der Waals surface area contributed by atoms with Crippen LogP contribution in [0.15, 0.2) is 24.3 Å². The van der Waals surface area contributed by atoms with Crippen LogP contribution in [0.2, 0.25) is 0 Å². The van der Waals surface area contributed by atoms with Gasteiger partial charge in [-0.1, -0.05) is 24.4 Å². The maximum absolute atomic E-state index is 12.6. The van der Waals surface area contributed by atoms with Gasteiger partial charge in [-0.05, 0) is 18.6 Å². The summed E-state index contributed by atoms with van der Waals surface area (Å²) in [6, 6.07) is 5.11. The highest BCUT2D eigenvalue weighted by atomic mass is 32.1. The van der Waals surface area contributed by atoms with E-state index in [-0.39, 0.29) is 12.4 Å². The molecule has 0 unspecified atom stereocenters. The quantitative estimate of drug-likeness (QED) is 0.654. The first-order valence-electron chi connectivity index (χ1n) is 4.98. The van der Waals surface area contributed by atoms with Crippen LogP contribution < -0.4 is 10.5 Å². The number of benzene rings is 1. The lowest BCUT2D eigenvalue weighted by Crippen LogP contribution is -2.12. The molecule has 0 atom stereocenters. The monoisotopic (exact) mass is 263 g/mol. The summed E-state index contributed by atoms with van der Waals surface area (Å²) in [6.07, 6.45) is -3.44. The van der Waals surface area contributed by atoms with Crippen molar-refractivity contribution in [1.29, 1.82) is 0 Å². The highest BCUT2D eigenvalue weighted by Crippen LogP contribution is 2.35. The lowest BCUT2D eigenvalue weighted by atomic mass is 10.2. The van der Waals surface area contributed by atoms with Crippen LogP contribution in [0.1, 0.15) is 18.4 Å². The Bertz CT molecular complexity index is 393. The van der Waals surface area contributed by atoms with Crippen molar-refractivity contribution in [3.63, 3.8) is 0 Å². The third kappa shape index (κ3) is 4.60. The van der Waals surface area contributed by atoms with E-state index in [1.807, 2.05) is 0 Å². The van der Waals surface area contributed by atoms with Crippen molar-refractivity contribution in [2.75, 3.05) is 6.61 Å². The van der Waals surface area contributed by atoms with Gasteiger partial charge in [0.1, 0.15) is 5.75 Å². The standard InChI is InChI=1S/C11H12F3NOS/c12-11(13,14)8-4-1-2-5-9(8)16-7-3-6-10(15)17/h1-2,4-5H,3,6-7H2,(H2,15,17). The van der Waals surface area contributed by atoms with E-state index in [1.54, 1.807) is 0 Å². The van der Waals surface area contributed by atoms with Gasteiger partial charge >= 0.3 is 6.18 Å². The van der Waals surface area contributed by atoms with E-state index < -0.39 is 11.7 Å². The number of thiocarbonyl (C=S) groups is 1. The molecule has 0 radical (unpaired) electrons. The lowest BCUT2D eigenvalue weighted by Gasteiger charge is -2.13. The minimum Gasteiger partial charge on any atom is -0.493 e. The average Bonchev–Trinajstić information content (AvgIpc) is 2.23. The smallest absolute Gasteiger partial charge is 0.419 e. The Morgan fingerprint density at radius 2 is 1.94 bits per heavy atom. The third-order valence-corrected chi connectivity index (χ3v) is 2.22. The van der Waals surface area contributed by atoms with Crippen molar-refractivity contribution in [2.45, 2.75) is 19.0 Å². The maximum Gasteiger partial charge on any atom is 0.419 e. The number of rotatable bonds is 5. The van der Waals surface area contributed by atoms with Crippen LogP contribution in [-0.4, -0.2) is 11.6 Å². The highest BCUT2D eigenvalue weighted by Gasteiger charge is 2.33. The lowest BCUT2D eigenvalue weighted by molar-refractivity contribution is -0.138. The fraction of sp³-hybridized carbons (Fsp3) is 0.364. The molecule has 1 aromatic rings. The first-order valence-corrected chi connectivity index (χ1v) is 5.39. The molecule has 0 amide bonds. The van der Waals surface area contributed by atoms with Crippen LogP contribution in [0.25, 0.3) is 0 Å². The van der Waals surface area contributed by atoms with Gasteiger partial charge in [0.25, 0.3) is 0 Å². The molecule has 0 bridgehead atoms.